The fourth-order valence-corrected chi connectivity index (χ4v) is 0. The van der Waals surface area contributed by atoms with Crippen molar-refractivity contribution >= 4 is 91.4 Å². The van der Waals surface area contributed by atoms with Gasteiger partial charge in [0.2, 0.25) is 0 Å². The molecule has 0 saturated carbocycles. The summed E-state index contributed by atoms with van der Waals surface area (Å²) in [5, 5.41) is 0. The van der Waals surface area contributed by atoms with E-state index < -0.39 is 0 Å². The molecule has 8 heteroatoms. The predicted octanol–water partition coefficient (Wildman–Crippen LogP) is -5.07. The van der Waals surface area contributed by atoms with Gasteiger partial charge >= 0.3 is 63.1 Å². The summed E-state index contributed by atoms with van der Waals surface area (Å²) in [6.45, 7) is 0. The Morgan fingerprint density at radius 3 is 1.12 bits per heavy atom. The van der Waals surface area contributed by atoms with Gasteiger partial charge in [0.25, 0.3) is 0 Å². The summed E-state index contributed by atoms with van der Waals surface area (Å²) in [6.07, 6.45) is 0. The summed E-state index contributed by atoms with van der Waals surface area (Å²) in [6, 6.07) is 0. The first-order valence-corrected chi connectivity index (χ1v) is 0. The van der Waals surface area contributed by atoms with Crippen molar-refractivity contribution in [3.05, 3.63) is 0 Å². The molecular formula is H15AgAlGdGeNbOSiSr. The van der Waals surface area contributed by atoms with Crippen LogP contribution < -0.4 is 0 Å². The van der Waals surface area contributed by atoms with Crippen molar-refractivity contribution in [1.82, 2.24) is 0 Å². The summed E-state index contributed by atoms with van der Waals surface area (Å²) in [5.41, 5.74) is 0. The fraction of sp³-hybridized carbons (Fsp3) is 0. The second-order valence-electron chi connectivity index (χ2n) is 0. The zero-order chi connectivity index (χ0) is 0. The second-order valence-corrected chi connectivity index (χ2v) is 0. The minimum absolute atomic E-state index is 0. The van der Waals surface area contributed by atoms with Crippen LogP contribution in [0.2, 0.25) is 0 Å². The van der Waals surface area contributed by atoms with E-state index >= 15 is 0 Å². The van der Waals surface area contributed by atoms with E-state index in [1.165, 1.54) is 0 Å². The summed E-state index contributed by atoms with van der Waals surface area (Å²) in [5.74, 6) is 0. The molecule has 0 aliphatic rings. The number of hydrogen-bond acceptors (Lipinski definition) is 0. The minimum atomic E-state index is 0. The van der Waals surface area contributed by atoms with Crippen molar-refractivity contribution in [2.45, 2.75) is 0 Å². The number of rotatable bonds is 0. The topological polar surface area (TPSA) is 31.5 Å². The van der Waals surface area contributed by atoms with Crippen molar-refractivity contribution < 1.29 is 93.0 Å². The van der Waals surface area contributed by atoms with Gasteiger partial charge in [-0.25, -0.2) is 0 Å². The Hall–Kier alpha value is 5.54. The molecule has 0 aliphatic carbocycles. The van der Waals surface area contributed by atoms with Gasteiger partial charge in [0.15, 0.2) is 17.4 Å². The van der Waals surface area contributed by atoms with E-state index in [2.05, 4.69) is 0 Å². The average Bonchev–Trinajstić information content (AvgIpc) is 0. The van der Waals surface area contributed by atoms with Crippen molar-refractivity contribution in [1.29, 1.82) is 0 Å². The van der Waals surface area contributed by atoms with Crippen LogP contribution in [0, 0.1) is 39.9 Å². The second kappa shape index (κ2) is 54.4. The first kappa shape index (κ1) is 69.4. The van der Waals surface area contributed by atoms with Gasteiger partial charge in [-0.1, -0.05) is 0 Å². The van der Waals surface area contributed by atoms with Crippen molar-refractivity contribution in [3.8, 4) is 0 Å². The summed E-state index contributed by atoms with van der Waals surface area (Å²) < 4.78 is 0. The van der Waals surface area contributed by atoms with Gasteiger partial charge in [-0.15, -0.1) is 0 Å². The third-order valence-electron chi connectivity index (χ3n) is 0. The molecule has 0 fully saturated rings. The molecule has 8 heavy (non-hydrogen) atoms. The van der Waals surface area contributed by atoms with Crippen LogP contribution in [0.3, 0.4) is 0 Å². The molecule has 2 radical (unpaired) electrons. The van der Waals surface area contributed by atoms with E-state index in [4.69, 9.17) is 0 Å². The van der Waals surface area contributed by atoms with Gasteiger partial charge in [-0.2, -0.15) is 0 Å². The van der Waals surface area contributed by atoms with Crippen LogP contribution in [0.4, 0.5) is 0 Å². The molecule has 1 nitrogen and oxygen atoms in total. The van der Waals surface area contributed by atoms with Crippen LogP contribution in [0.1, 0.15) is 2.85 Å². The molecule has 0 aromatic heterocycles. The molecule has 0 aromatic carbocycles. The normalized spacial score (nSPS) is 0. The van der Waals surface area contributed by atoms with E-state index in [1.807, 2.05) is 0 Å². The minimum Gasteiger partial charge on any atom is -1.00 e. The standard InChI is InChI=1S/Ag.Al.Gd.GeH4.Nb.H2O.H4Si.Sr.5H/h;;;1H4;;1H2;1H4;;;;;;/q;;;;;;;+2;;;;2*-1. The van der Waals surface area contributed by atoms with Gasteiger partial charge in [-0.3, -0.25) is 0 Å². The molecule has 0 rings (SSSR count). The molecule has 58 valence electrons. The molecular weight excluding hydrogens is 589 g/mol. The van der Waals surface area contributed by atoms with Crippen LogP contribution in [-0.4, -0.2) is 96.9 Å². The summed E-state index contributed by atoms with van der Waals surface area (Å²) >= 11 is 0. The monoisotopic (exact) mass is 606 g/mol. The smallest absolute Gasteiger partial charge is 1.00 e. The van der Waals surface area contributed by atoms with E-state index in [0.29, 0.717) is 0 Å². The fourth-order valence-electron chi connectivity index (χ4n) is 0. The Morgan fingerprint density at radius 2 is 1.12 bits per heavy atom. The molecule has 0 amide bonds. The largest absolute Gasteiger partial charge is 2.00 e. The Balaban J connectivity index is 0. The Morgan fingerprint density at radius 1 is 1.12 bits per heavy atom. The molecule has 2 N–H and O–H groups in total. The van der Waals surface area contributed by atoms with E-state index in [-0.39, 0.29) is 184 Å². The molecule has 0 bridgehead atoms. The Labute approximate surface area is 179 Å². The van der Waals surface area contributed by atoms with Gasteiger partial charge < -0.3 is 8.33 Å². The molecule has 0 aromatic rings. The van der Waals surface area contributed by atoms with E-state index in [0.717, 1.165) is 0 Å². The maximum Gasteiger partial charge on any atom is 2.00 e. The van der Waals surface area contributed by atoms with E-state index in [9.17, 15) is 0 Å². The van der Waals surface area contributed by atoms with Crippen LogP contribution in [0.15, 0.2) is 0 Å². The Kier molecular flexibility index (Phi) is 472. The van der Waals surface area contributed by atoms with Gasteiger partial charge in [0, 0.05) is 84.7 Å². The van der Waals surface area contributed by atoms with Crippen LogP contribution in [0.5, 0.6) is 0 Å². The number of hydrogen-bond donors (Lipinski definition) is 0. The van der Waals surface area contributed by atoms with Crippen LogP contribution in [0.25, 0.3) is 0 Å². The quantitative estimate of drug-likeness (QED) is 0.248. The molecule has 0 unspecified atom stereocenters. The first-order chi connectivity index (χ1) is 0. The van der Waals surface area contributed by atoms with Crippen molar-refractivity contribution in [2.75, 3.05) is 0 Å². The molecule has 0 heterocycles. The van der Waals surface area contributed by atoms with Gasteiger partial charge in [0.1, 0.15) is 0 Å². The van der Waals surface area contributed by atoms with Crippen LogP contribution >= 0.6 is 0 Å². The molecule has 0 atom stereocenters. The third kappa shape index (κ3) is 41.8. The SMILES string of the molecule is O.[Ag].[AlH3].[Gd].[GeH4].[H-].[H-].[Nb].[SiH4].[Sr+2]. The zero-order valence-corrected chi connectivity index (χ0v) is 11.7. The first-order valence-electron chi connectivity index (χ1n) is 0. The van der Waals surface area contributed by atoms with Crippen molar-refractivity contribution in [3.63, 3.8) is 0 Å². The third-order valence-corrected chi connectivity index (χ3v) is 0. The van der Waals surface area contributed by atoms with E-state index in [1.54, 1.807) is 0 Å². The molecule has 0 aliphatic heterocycles. The summed E-state index contributed by atoms with van der Waals surface area (Å²) in [4.78, 5) is 0. The molecule has 0 spiro atoms. The maximum atomic E-state index is 0. The molecule has 0 saturated heterocycles. The summed E-state index contributed by atoms with van der Waals surface area (Å²) in [7, 11) is 0. The Bertz CT molecular complexity index is 31.2. The predicted molar refractivity (Wildman–Crippen MR) is 44.2 cm³/mol. The van der Waals surface area contributed by atoms with Gasteiger partial charge in [-0.05, 0) is 11.0 Å². The van der Waals surface area contributed by atoms with Gasteiger partial charge in [0.05, 0.1) is 0 Å². The maximum absolute atomic E-state index is 0. The average molecular weight is 604 g/mol. The zero-order valence-electron chi connectivity index (χ0n) is 4.31. The van der Waals surface area contributed by atoms with Crippen molar-refractivity contribution in [2.24, 2.45) is 0 Å². The van der Waals surface area contributed by atoms with Crippen LogP contribution in [-0.2, 0) is 44.8 Å².